The molecule has 0 spiro atoms. The van der Waals surface area contributed by atoms with Gasteiger partial charge in [0.1, 0.15) is 10.0 Å². The van der Waals surface area contributed by atoms with Crippen molar-refractivity contribution in [1.29, 1.82) is 0 Å². The van der Waals surface area contributed by atoms with Crippen molar-refractivity contribution in [3.8, 4) is 0 Å². The fraction of sp³-hybridized carbons (Fsp3) is 0.150. The van der Waals surface area contributed by atoms with Crippen LogP contribution < -0.4 is 10.0 Å². The summed E-state index contributed by atoms with van der Waals surface area (Å²) in [5, 5.41) is 7.17. The van der Waals surface area contributed by atoms with Gasteiger partial charge in [-0.15, -0.1) is 11.3 Å². The molecule has 31 heavy (non-hydrogen) atoms. The average molecular weight is 476 g/mol. The standard InChI is InChI=1S/C20H18ClN5O3S2/c1-26-12-14(10-22-26)31(28,29)23-11-16(13-5-3-2-4-6-13)25-20(27)18-9-15-17(30-18)7-8-19(21)24-15/h2-10,12,16,23H,11H2,1H3,(H,25,27). The van der Waals surface area contributed by atoms with Crippen LogP contribution in [0.5, 0.6) is 0 Å². The molecule has 0 aliphatic carbocycles. The molecular formula is C20H18ClN5O3S2. The smallest absolute Gasteiger partial charge is 0.261 e. The van der Waals surface area contributed by atoms with Gasteiger partial charge >= 0.3 is 0 Å². The van der Waals surface area contributed by atoms with Crippen molar-refractivity contribution < 1.29 is 13.2 Å². The number of aromatic nitrogens is 3. The molecule has 4 rings (SSSR count). The highest BCUT2D eigenvalue weighted by Gasteiger charge is 2.22. The molecule has 4 aromatic rings. The van der Waals surface area contributed by atoms with Crippen LogP contribution >= 0.6 is 22.9 Å². The van der Waals surface area contributed by atoms with E-state index in [9.17, 15) is 13.2 Å². The Morgan fingerprint density at radius 1 is 1.23 bits per heavy atom. The number of hydrogen-bond acceptors (Lipinski definition) is 6. The number of fused-ring (bicyclic) bond motifs is 1. The van der Waals surface area contributed by atoms with Gasteiger partial charge in [0.25, 0.3) is 5.91 Å². The zero-order valence-electron chi connectivity index (χ0n) is 16.3. The predicted octanol–water partition coefficient (Wildman–Crippen LogP) is 3.13. The third kappa shape index (κ3) is 4.93. The topological polar surface area (TPSA) is 106 Å². The molecular weight excluding hydrogens is 458 g/mol. The first-order valence-corrected chi connectivity index (χ1v) is 11.9. The minimum atomic E-state index is -3.77. The second kappa shape index (κ2) is 8.75. The maximum Gasteiger partial charge on any atom is 0.261 e. The highest BCUT2D eigenvalue weighted by Crippen LogP contribution is 2.26. The first-order chi connectivity index (χ1) is 14.8. The predicted molar refractivity (Wildman–Crippen MR) is 120 cm³/mol. The fourth-order valence-corrected chi connectivity index (χ4v) is 5.08. The molecule has 0 saturated heterocycles. The Morgan fingerprint density at radius 3 is 2.71 bits per heavy atom. The molecule has 1 atom stereocenters. The summed E-state index contributed by atoms with van der Waals surface area (Å²) in [6.45, 7) is -0.0258. The van der Waals surface area contributed by atoms with E-state index in [1.54, 1.807) is 19.2 Å². The van der Waals surface area contributed by atoms with E-state index in [0.717, 1.165) is 10.3 Å². The number of carbonyl (C=O) groups excluding carboxylic acids is 1. The number of pyridine rings is 1. The molecule has 160 valence electrons. The monoisotopic (exact) mass is 475 g/mol. The third-order valence-corrected chi connectivity index (χ3v) is 7.22. The maximum atomic E-state index is 12.9. The molecule has 0 radical (unpaired) electrons. The highest BCUT2D eigenvalue weighted by atomic mass is 35.5. The van der Waals surface area contributed by atoms with Crippen molar-refractivity contribution in [2.24, 2.45) is 7.05 Å². The molecule has 0 bridgehead atoms. The van der Waals surface area contributed by atoms with Crippen LogP contribution in [0.2, 0.25) is 5.15 Å². The number of halogens is 1. The largest absolute Gasteiger partial charge is 0.343 e. The van der Waals surface area contributed by atoms with Gasteiger partial charge in [0, 0.05) is 19.8 Å². The molecule has 2 N–H and O–H groups in total. The number of nitrogens with one attached hydrogen (secondary N) is 2. The summed E-state index contributed by atoms with van der Waals surface area (Å²) in [5.41, 5.74) is 1.41. The molecule has 0 saturated carbocycles. The minimum Gasteiger partial charge on any atom is -0.343 e. The van der Waals surface area contributed by atoms with Crippen molar-refractivity contribution in [3.63, 3.8) is 0 Å². The molecule has 1 amide bonds. The van der Waals surface area contributed by atoms with Crippen molar-refractivity contribution in [3.05, 3.63) is 76.5 Å². The van der Waals surface area contributed by atoms with Crippen molar-refractivity contribution in [2.45, 2.75) is 10.9 Å². The number of hydrogen-bond donors (Lipinski definition) is 2. The normalized spacial score (nSPS) is 12.7. The molecule has 11 heteroatoms. The van der Waals surface area contributed by atoms with E-state index < -0.39 is 16.1 Å². The third-order valence-electron chi connectivity index (χ3n) is 4.54. The van der Waals surface area contributed by atoms with E-state index >= 15 is 0 Å². The molecule has 0 aliphatic heterocycles. The van der Waals surface area contributed by atoms with Gasteiger partial charge in [0.15, 0.2) is 0 Å². The molecule has 0 aliphatic rings. The molecule has 0 fully saturated rings. The summed E-state index contributed by atoms with van der Waals surface area (Å²) in [6, 6.07) is 13.7. The molecule has 8 nitrogen and oxygen atoms in total. The van der Waals surface area contributed by atoms with Gasteiger partial charge in [0.05, 0.1) is 27.3 Å². The van der Waals surface area contributed by atoms with Crippen LogP contribution in [0.25, 0.3) is 10.2 Å². The fourth-order valence-electron chi connectivity index (χ4n) is 2.99. The second-order valence-electron chi connectivity index (χ2n) is 6.77. The van der Waals surface area contributed by atoms with E-state index in [1.807, 2.05) is 36.4 Å². The number of aryl methyl sites for hydroxylation is 1. The number of rotatable bonds is 7. The van der Waals surface area contributed by atoms with Gasteiger partial charge in [-0.3, -0.25) is 9.48 Å². The molecule has 1 unspecified atom stereocenters. The van der Waals surface area contributed by atoms with E-state index in [4.69, 9.17) is 11.6 Å². The number of benzene rings is 1. The number of thiophene rings is 1. The zero-order valence-corrected chi connectivity index (χ0v) is 18.7. The van der Waals surface area contributed by atoms with Crippen LogP contribution in [0.4, 0.5) is 0 Å². The lowest BCUT2D eigenvalue weighted by Gasteiger charge is -2.19. The molecule has 3 aromatic heterocycles. The lowest BCUT2D eigenvalue weighted by atomic mass is 10.1. The van der Waals surface area contributed by atoms with E-state index in [2.05, 4.69) is 20.1 Å². The Kier molecular flexibility index (Phi) is 6.05. The summed E-state index contributed by atoms with van der Waals surface area (Å²) >= 11 is 7.22. The zero-order chi connectivity index (χ0) is 22.0. The van der Waals surface area contributed by atoms with Gasteiger partial charge in [-0.05, 0) is 23.8 Å². The van der Waals surface area contributed by atoms with Gasteiger partial charge in [-0.25, -0.2) is 18.1 Å². The van der Waals surface area contributed by atoms with Crippen molar-refractivity contribution in [2.75, 3.05) is 6.54 Å². The summed E-state index contributed by atoms with van der Waals surface area (Å²) in [5.74, 6) is -0.325. The van der Waals surface area contributed by atoms with Crippen LogP contribution in [0, 0.1) is 0 Å². The van der Waals surface area contributed by atoms with E-state index in [1.165, 1.54) is 28.4 Å². The number of amides is 1. The first-order valence-electron chi connectivity index (χ1n) is 9.22. The van der Waals surface area contributed by atoms with Crippen molar-refractivity contribution >= 4 is 49.1 Å². The minimum absolute atomic E-state index is 0.0258. The lowest BCUT2D eigenvalue weighted by Crippen LogP contribution is -2.37. The van der Waals surface area contributed by atoms with E-state index in [0.29, 0.717) is 15.5 Å². The van der Waals surface area contributed by atoms with E-state index in [-0.39, 0.29) is 17.3 Å². The summed E-state index contributed by atoms with van der Waals surface area (Å²) in [7, 11) is -2.14. The maximum absolute atomic E-state index is 12.9. The Bertz CT molecular complexity index is 1340. The van der Waals surface area contributed by atoms with Crippen molar-refractivity contribution in [1.82, 2.24) is 24.8 Å². The Balaban J connectivity index is 1.55. The van der Waals surface area contributed by atoms with Gasteiger partial charge in [0.2, 0.25) is 10.0 Å². The second-order valence-corrected chi connectivity index (χ2v) is 10.0. The molecule has 1 aromatic carbocycles. The first kappa shape index (κ1) is 21.4. The summed E-state index contributed by atoms with van der Waals surface area (Å²) < 4.78 is 30.0. The molecule has 3 heterocycles. The summed E-state index contributed by atoms with van der Waals surface area (Å²) in [4.78, 5) is 17.7. The van der Waals surface area contributed by atoms with Crippen LogP contribution in [-0.2, 0) is 17.1 Å². The Labute approximate surface area is 187 Å². The van der Waals surface area contributed by atoms with Gasteiger partial charge in [-0.2, -0.15) is 5.10 Å². The van der Waals surface area contributed by atoms with Crippen LogP contribution in [0.15, 0.2) is 65.8 Å². The van der Waals surface area contributed by atoms with Crippen LogP contribution in [0.1, 0.15) is 21.3 Å². The Hall–Kier alpha value is -2.79. The van der Waals surface area contributed by atoms with Crippen LogP contribution in [0.3, 0.4) is 0 Å². The Morgan fingerprint density at radius 2 is 2.00 bits per heavy atom. The average Bonchev–Trinajstić information content (AvgIpc) is 3.38. The SMILES string of the molecule is Cn1cc(S(=O)(=O)NCC(NC(=O)c2cc3nc(Cl)ccc3s2)c2ccccc2)cn1. The number of nitrogens with zero attached hydrogens (tertiary/aromatic N) is 3. The van der Waals surface area contributed by atoms with Gasteiger partial charge < -0.3 is 5.32 Å². The summed E-state index contributed by atoms with van der Waals surface area (Å²) in [6.07, 6.45) is 2.68. The quantitative estimate of drug-likeness (QED) is 0.399. The highest BCUT2D eigenvalue weighted by molar-refractivity contribution is 7.89. The van der Waals surface area contributed by atoms with Crippen LogP contribution in [-0.4, -0.2) is 35.6 Å². The lowest BCUT2D eigenvalue weighted by molar-refractivity contribution is 0.0941. The number of carbonyl (C=O) groups is 1. The number of sulfonamides is 1. The van der Waals surface area contributed by atoms with Gasteiger partial charge in [-0.1, -0.05) is 41.9 Å².